The van der Waals surface area contributed by atoms with Crippen LogP contribution in [0.5, 0.6) is 5.75 Å². The van der Waals surface area contributed by atoms with E-state index in [4.69, 9.17) is 9.47 Å². The Morgan fingerprint density at radius 3 is 2.89 bits per heavy atom. The van der Waals surface area contributed by atoms with Crippen LogP contribution in [0.4, 0.5) is 0 Å². The molecular formula is C16H20O3. The van der Waals surface area contributed by atoms with E-state index in [2.05, 4.69) is 18.2 Å². The van der Waals surface area contributed by atoms with Crippen molar-refractivity contribution >= 4 is 5.78 Å². The molecule has 0 amide bonds. The topological polar surface area (TPSA) is 35.5 Å². The summed E-state index contributed by atoms with van der Waals surface area (Å²) in [4.78, 5) is 11.1. The number of carbonyl (C=O) groups excluding carboxylic acids is 1. The van der Waals surface area contributed by atoms with Crippen LogP contribution >= 0.6 is 0 Å². The van der Waals surface area contributed by atoms with E-state index in [-0.39, 0.29) is 6.10 Å². The lowest BCUT2D eigenvalue weighted by Crippen LogP contribution is -2.22. The van der Waals surface area contributed by atoms with E-state index < -0.39 is 0 Å². The Labute approximate surface area is 113 Å². The summed E-state index contributed by atoms with van der Waals surface area (Å²) in [6, 6.07) is 6.42. The predicted octanol–water partition coefficient (Wildman–Crippen LogP) is 2.69. The molecule has 0 radical (unpaired) electrons. The van der Waals surface area contributed by atoms with E-state index >= 15 is 0 Å². The van der Waals surface area contributed by atoms with Gasteiger partial charge in [-0.3, -0.25) is 4.79 Å². The third-order valence-corrected chi connectivity index (χ3v) is 3.99. The van der Waals surface area contributed by atoms with Gasteiger partial charge in [-0.15, -0.1) is 0 Å². The molecule has 1 aliphatic heterocycles. The van der Waals surface area contributed by atoms with Crippen LogP contribution in [0.25, 0.3) is 0 Å². The van der Waals surface area contributed by atoms with E-state index in [0.717, 1.165) is 44.6 Å². The minimum Gasteiger partial charge on any atom is -0.493 e. The van der Waals surface area contributed by atoms with Crippen molar-refractivity contribution in [3.63, 3.8) is 0 Å². The Balaban J connectivity index is 1.46. The highest BCUT2D eigenvalue weighted by Crippen LogP contribution is 2.26. The van der Waals surface area contributed by atoms with Gasteiger partial charge < -0.3 is 9.47 Å². The van der Waals surface area contributed by atoms with Crippen LogP contribution in [-0.4, -0.2) is 25.1 Å². The van der Waals surface area contributed by atoms with E-state index in [1.54, 1.807) is 0 Å². The zero-order chi connectivity index (χ0) is 13.1. The minimum absolute atomic E-state index is 0.287. The van der Waals surface area contributed by atoms with Crippen molar-refractivity contribution in [1.82, 2.24) is 0 Å². The first-order valence-corrected chi connectivity index (χ1v) is 7.19. The van der Waals surface area contributed by atoms with E-state index in [1.165, 1.54) is 11.1 Å². The summed E-state index contributed by atoms with van der Waals surface area (Å²) in [5.41, 5.74) is 2.64. The van der Waals surface area contributed by atoms with Gasteiger partial charge in [0.1, 0.15) is 11.5 Å². The van der Waals surface area contributed by atoms with Gasteiger partial charge in [0, 0.05) is 19.3 Å². The number of ether oxygens (including phenoxy) is 2. The van der Waals surface area contributed by atoms with E-state index in [9.17, 15) is 4.79 Å². The smallest absolute Gasteiger partial charge is 0.133 e. The Morgan fingerprint density at radius 1 is 1.21 bits per heavy atom. The molecule has 2 aliphatic rings. The fourth-order valence-electron chi connectivity index (χ4n) is 2.82. The fraction of sp³-hybridized carbons (Fsp3) is 0.562. The largest absolute Gasteiger partial charge is 0.493 e. The summed E-state index contributed by atoms with van der Waals surface area (Å²) >= 11 is 0. The standard InChI is InChI=1S/C16H20O3/c17-14-2-4-15(5-3-14)18-9-7-12-1-6-16-13(11-12)8-10-19-16/h1,6,11,15H,2-5,7-10H2. The Morgan fingerprint density at radius 2 is 2.05 bits per heavy atom. The fourth-order valence-corrected chi connectivity index (χ4v) is 2.82. The van der Waals surface area contributed by atoms with Gasteiger partial charge in [-0.2, -0.15) is 0 Å². The van der Waals surface area contributed by atoms with Crippen LogP contribution in [0, 0.1) is 0 Å². The highest BCUT2D eigenvalue weighted by molar-refractivity contribution is 5.79. The van der Waals surface area contributed by atoms with Gasteiger partial charge in [0.15, 0.2) is 0 Å². The molecule has 0 aromatic heterocycles. The summed E-state index contributed by atoms with van der Waals surface area (Å²) in [5.74, 6) is 1.42. The first-order valence-electron chi connectivity index (χ1n) is 7.19. The van der Waals surface area contributed by atoms with Gasteiger partial charge in [-0.05, 0) is 36.5 Å². The molecule has 19 heavy (non-hydrogen) atoms. The minimum atomic E-state index is 0.287. The lowest BCUT2D eigenvalue weighted by atomic mass is 9.96. The maximum atomic E-state index is 11.1. The highest BCUT2D eigenvalue weighted by Gasteiger charge is 2.19. The molecule has 1 aromatic carbocycles. The van der Waals surface area contributed by atoms with Crippen molar-refractivity contribution in [3.05, 3.63) is 29.3 Å². The van der Waals surface area contributed by atoms with Crippen LogP contribution in [0.1, 0.15) is 36.8 Å². The third kappa shape index (κ3) is 3.16. The van der Waals surface area contributed by atoms with Gasteiger partial charge in [0.25, 0.3) is 0 Å². The molecule has 0 atom stereocenters. The van der Waals surface area contributed by atoms with Gasteiger partial charge in [-0.1, -0.05) is 12.1 Å². The highest BCUT2D eigenvalue weighted by atomic mass is 16.5. The van der Waals surface area contributed by atoms with E-state index in [0.29, 0.717) is 18.6 Å². The van der Waals surface area contributed by atoms with Crippen molar-refractivity contribution in [1.29, 1.82) is 0 Å². The van der Waals surface area contributed by atoms with Crippen molar-refractivity contribution in [2.24, 2.45) is 0 Å². The van der Waals surface area contributed by atoms with Crippen LogP contribution in [-0.2, 0) is 22.4 Å². The molecule has 1 fully saturated rings. The lowest BCUT2D eigenvalue weighted by Gasteiger charge is -2.21. The average molecular weight is 260 g/mol. The normalized spacial score (nSPS) is 19.3. The number of carbonyl (C=O) groups is 1. The summed E-state index contributed by atoms with van der Waals surface area (Å²) in [6.07, 6.45) is 5.44. The summed E-state index contributed by atoms with van der Waals surface area (Å²) in [6.45, 7) is 1.56. The molecule has 3 rings (SSSR count). The monoisotopic (exact) mass is 260 g/mol. The van der Waals surface area contributed by atoms with Crippen molar-refractivity contribution in [2.75, 3.05) is 13.2 Å². The van der Waals surface area contributed by atoms with Gasteiger partial charge in [0.2, 0.25) is 0 Å². The molecule has 0 bridgehead atoms. The zero-order valence-electron chi connectivity index (χ0n) is 11.2. The molecule has 3 nitrogen and oxygen atoms in total. The molecular weight excluding hydrogens is 240 g/mol. The molecule has 0 saturated heterocycles. The van der Waals surface area contributed by atoms with Crippen molar-refractivity contribution < 1.29 is 14.3 Å². The Bertz CT molecular complexity index is 457. The van der Waals surface area contributed by atoms with E-state index in [1.807, 2.05) is 0 Å². The number of Topliss-reactive ketones (excluding diaryl/α,β-unsaturated/α-hetero) is 1. The Kier molecular flexibility index (Phi) is 3.83. The number of hydrogen-bond donors (Lipinski definition) is 0. The predicted molar refractivity (Wildman–Crippen MR) is 72.6 cm³/mol. The molecule has 102 valence electrons. The van der Waals surface area contributed by atoms with Crippen LogP contribution in [0.3, 0.4) is 0 Å². The number of rotatable bonds is 4. The second-order valence-electron chi connectivity index (χ2n) is 5.40. The molecule has 1 aromatic rings. The van der Waals surface area contributed by atoms with Crippen LogP contribution in [0.15, 0.2) is 18.2 Å². The van der Waals surface area contributed by atoms with Crippen molar-refractivity contribution in [3.8, 4) is 5.75 Å². The molecule has 0 spiro atoms. The molecule has 0 N–H and O–H groups in total. The quantitative estimate of drug-likeness (QED) is 0.835. The summed E-state index contributed by atoms with van der Waals surface area (Å²) < 4.78 is 11.4. The average Bonchev–Trinajstić information content (AvgIpc) is 2.88. The summed E-state index contributed by atoms with van der Waals surface area (Å²) in [5, 5.41) is 0. The second-order valence-corrected chi connectivity index (χ2v) is 5.40. The molecule has 1 heterocycles. The van der Waals surface area contributed by atoms with Crippen LogP contribution < -0.4 is 4.74 Å². The summed E-state index contributed by atoms with van der Waals surface area (Å²) in [7, 11) is 0. The lowest BCUT2D eigenvalue weighted by molar-refractivity contribution is -0.122. The zero-order valence-corrected chi connectivity index (χ0v) is 11.2. The molecule has 1 aliphatic carbocycles. The van der Waals surface area contributed by atoms with Crippen LogP contribution in [0.2, 0.25) is 0 Å². The first-order chi connectivity index (χ1) is 9.31. The van der Waals surface area contributed by atoms with Gasteiger partial charge in [-0.25, -0.2) is 0 Å². The first kappa shape index (κ1) is 12.7. The number of fused-ring (bicyclic) bond motifs is 1. The van der Waals surface area contributed by atoms with Gasteiger partial charge in [0.05, 0.1) is 19.3 Å². The molecule has 0 unspecified atom stereocenters. The maximum Gasteiger partial charge on any atom is 0.133 e. The van der Waals surface area contributed by atoms with Gasteiger partial charge >= 0.3 is 0 Å². The number of benzene rings is 1. The SMILES string of the molecule is O=C1CCC(OCCc2ccc3c(c2)CCO3)CC1. The molecule has 1 saturated carbocycles. The Hall–Kier alpha value is -1.35. The third-order valence-electron chi connectivity index (χ3n) is 3.99. The number of hydrogen-bond acceptors (Lipinski definition) is 3. The number of ketones is 1. The maximum absolute atomic E-state index is 11.1. The second kappa shape index (κ2) is 5.74. The molecule has 3 heteroatoms. The van der Waals surface area contributed by atoms with Crippen molar-refractivity contribution in [2.45, 2.75) is 44.6 Å².